The maximum absolute atomic E-state index is 9.47. The van der Waals surface area contributed by atoms with Gasteiger partial charge in [0.05, 0.1) is 12.9 Å². The summed E-state index contributed by atoms with van der Waals surface area (Å²) >= 11 is 0. The molecule has 10 heteroatoms. The predicted octanol–water partition coefficient (Wildman–Crippen LogP) is -0.988. The van der Waals surface area contributed by atoms with E-state index in [-0.39, 0.29) is 12.4 Å². The van der Waals surface area contributed by atoms with Gasteiger partial charge in [-0.1, -0.05) is 0 Å². The molecular formula is C12H15N5O5. The van der Waals surface area contributed by atoms with Crippen LogP contribution in [0.25, 0.3) is 11.2 Å². The van der Waals surface area contributed by atoms with Crippen molar-refractivity contribution in [2.24, 2.45) is 0 Å². The highest BCUT2D eigenvalue weighted by Gasteiger charge is 2.53. The third kappa shape index (κ3) is 1.89. The molecule has 4 heterocycles. The fourth-order valence-corrected chi connectivity index (χ4v) is 2.84. The molecule has 118 valence electrons. The molecule has 0 aromatic carbocycles. The third-order valence-corrected chi connectivity index (χ3v) is 3.86. The number of hydrogen-bond acceptors (Lipinski definition) is 9. The Morgan fingerprint density at radius 3 is 2.86 bits per heavy atom. The first-order valence-corrected chi connectivity index (χ1v) is 6.76. The Morgan fingerprint density at radius 1 is 1.27 bits per heavy atom. The normalized spacial score (nSPS) is 34.4. The van der Waals surface area contributed by atoms with Gasteiger partial charge in [0.1, 0.15) is 30.2 Å². The van der Waals surface area contributed by atoms with Crippen LogP contribution >= 0.6 is 0 Å². The van der Waals surface area contributed by atoms with E-state index in [2.05, 4.69) is 15.0 Å². The second kappa shape index (κ2) is 5.11. The summed E-state index contributed by atoms with van der Waals surface area (Å²) in [5.74, 6) is 0.287. The third-order valence-electron chi connectivity index (χ3n) is 3.86. The van der Waals surface area contributed by atoms with Crippen molar-refractivity contribution in [2.75, 3.05) is 19.5 Å². The van der Waals surface area contributed by atoms with Gasteiger partial charge in [-0.3, -0.25) is 4.57 Å². The molecule has 0 saturated carbocycles. The summed E-state index contributed by atoms with van der Waals surface area (Å²) in [7, 11) is 1.48. The van der Waals surface area contributed by atoms with Crippen LogP contribution in [0.3, 0.4) is 0 Å². The van der Waals surface area contributed by atoms with Gasteiger partial charge < -0.3 is 29.8 Å². The van der Waals surface area contributed by atoms with E-state index in [1.54, 1.807) is 10.9 Å². The van der Waals surface area contributed by atoms with E-state index in [1.165, 1.54) is 13.4 Å². The minimum atomic E-state index is -0.787. The highest BCUT2D eigenvalue weighted by Crippen LogP contribution is 2.40. The van der Waals surface area contributed by atoms with E-state index in [0.717, 1.165) is 0 Å². The van der Waals surface area contributed by atoms with Crippen molar-refractivity contribution in [3.05, 3.63) is 12.7 Å². The number of aliphatic hydroxyl groups is 1. The number of anilines is 1. The zero-order chi connectivity index (χ0) is 15.3. The molecule has 2 aliphatic heterocycles. The molecule has 0 radical (unpaired) electrons. The van der Waals surface area contributed by atoms with Crippen molar-refractivity contribution in [1.82, 2.24) is 19.5 Å². The molecule has 0 aliphatic carbocycles. The zero-order valence-corrected chi connectivity index (χ0v) is 11.7. The average molecular weight is 309 g/mol. The molecule has 5 atom stereocenters. The van der Waals surface area contributed by atoms with Crippen molar-refractivity contribution in [2.45, 2.75) is 31.0 Å². The zero-order valence-electron chi connectivity index (χ0n) is 11.7. The van der Waals surface area contributed by atoms with E-state index in [1.807, 2.05) is 0 Å². The fraction of sp³-hybridized carbons (Fsp3) is 0.583. The van der Waals surface area contributed by atoms with Gasteiger partial charge in [0, 0.05) is 7.11 Å². The average Bonchev–Trinajstić information content (AvgIpc) is 3.19. The first-order chi connectivity index (χ1) is 10.7. The van der Waals surface area contributed by atoms with Crippen molar-refractivity contribution in [1.29, 1.82) is 0 Å². The molecule has 0 spiro atoms. The number of aliphatic hydroxyl groups excluding tert-OH is 1. The van der Waals surface area contributed by atoms with Crippen LogP contribution in [0.15, 0.2) is 12.7 Å². The lowest BCUT2D eigenvalue weighted by Gasteiger charge is -2.19. The number of nitrogen functional groups attached to an aromatic ring is 1. The summed E-state index contributed by atoms with van der Waals surface area (Å²) in [5.41, 5.74) is 6.80. The molecular weight excluding hydrogens is 294 g/mol. The molecule has 2 unspecified atom stereocenters. The SMILES string of the molecule is COC1OC2[C@@H](CO)O[C@@H](n3cnc4c(N)ncnc43)[C@H]2O1. The number of fused-ring (bicyclic) bond motifs is 2. The molecule has 3 N–H and O–H groups in total. The van der Waals surface area contributed by atoms with Crippen LogP contribution in [0.2, 0.25) is 0 Å². The van der Waals surface area contributed by atoms with Crippen LogP contribution < -0.4 is 5.73 Å². The maximum Gasteiger partial charge on any atom is 0.272 e. The molecule has 2 aromatic heterocycles. The van der Waals surface area contributed by atoms with Crippen molar-refractivity contribution >= 4 is 17.0 Å². The van der Waals surface area contributed by atoms with Crippen LogP contribution in [0.4, 0.5) is 5.82 Å². The highest BCUT2D eigenvalue weighted by atomic mass is 16.9. The Hall–Kier alpha value is -1.85. The van der Waals surface area contributed by atoms with Gasteiger partial charge in [-0.05, 0) is 0 Å². The Labute approximate surface area is 124 Å². The second-order valence-electron chi connectivity index (χ2n) is 5.06. The molecule has 4 rings (SSSR count). The summed E-state index contributed by atoms with van der Waals surface area (Å²) in [6, 6.07) is 0. The van der Waals surface area contributed by atoms with Gasteiger partial charge in [-0.25, -0.2) is 15.0 Å². The number of nitrogens with two attached hydrogens (primary N) is 1. The van der Waals surface area contributed by atoms with Crippen molar-refractivity contribution < 1.29 is 24.1 Å². The topological polar surface area (TPSA) is 127 Å². The molecule has 2 aromatic rings. The van der Waals surface area contributed by atoms with Gasteiger partial charge >= 0.3 is 0 Å². The molecule has 10 nitrogen and oxygen atoms in total. The molecule has 22 heavy (non-hydrogen) atoms. The largest absolute Gasteiger partial charge is 0.394 e. The maximum atomic E-state index is 9.47. The van der Waals surface area contributed by atoms with E-state index in [9.17, 15) is 5.11 Å². The van der Waals surface area contributed by atoms with Crippen LogP contribution in [-0.2, 0) is 18.9 Å². The van der Waals surface area contributed by atoms with E-state index >= 15 is 0 Å². The Kier molecular flexibility index (Phi) is 3.20. The van der Waals surface area contributed by atoms with Crippen LogP contribution in [0.1, 0.15) is 6.23 Å². The smallest absolute Gasteiger partial charge is 0.272 e. The first kappa shape index (κ1) is 13.8. The van der Waals surface area contributed by atoms with Crippen molar-refractivity contribution in [3.63, 3.8) is 0 Å². The molecule has 2 saturated heterocycles. The number of nitrogens with zero attached hydrogens (tertiary/aromatic N) is 4. The summed E-state index contributed by atoms with van der Waals surface area (Å²) in [6.45, 7) is -0.980. The molecule has 2 fully saturated rings. The summed E-state index contributed by atoms with van der Waals surface area (Å²) in [6.07, 6.45) is 0.955. The van der Waals surface area contributed by atoms with E-state index < -0.39 is 31.0 Å². The number of imidazole rings is 1. The highest BCUT2D eigenvalue weighted by molar-refractivity contribution is 5.81. The summed E-state index contributed by atoms with van der Waals surface area (Å²) in [4.78, 5) is 12.3. The lowest BCUT2D eigenvalue weighted by atomic mass is 10.1. The minimum absolute atomic E-state index is 0.193. The fourth-order valence-electron chi connectivity index (χ4n) is 2.84. The van der Waals surface area contributed by atoms with Crippen LogP contribution in [-0.4, -0.2) is 63.1 Å². The number of ether oxygens (including phenoxy) is 4. The number of rotatable bonds is 3. The number of hydrogen-bond donors (Lipinski definition) is 2. The lowest BCUT2D eigenvalue weighted by Crippen LogP contribution is -2.31. The van der Waals surface area contributed by atoms with Gasteiger partial charge in [-0.2, -0.15) is 0 Å². The second-order valence-corrected chi connectivity index (χ2v) is 5.06. The Balaban J connectivity index is 1.73. The van der Waals surface area contributed by atoms with Gasteiger partial charge in [0.25, 0.3) is 6.48 Å². The van der Waals surface area contributed by atoms with E-state index in [0.29, 0.717) is 11.2 Å². The van der Waals surface area contributed by atoms with Crippen LogP contribution in [0.5, 0.6) is 0 Å². The number of aromatic nitrogens is 4. The number of methoxy groups -OCH3 is 1. The van der Waals surface area contributed by atoms with Gasteiger partial charge in [0.15, 0.2) is 17.7 Å². The molecule has 0 bridgehead atoms. The quantitative estimate of drug-likeness (QED) is 0.734. The lowest BCUT2D eigenvalue weighted by molar-refractivity contribution is -0.256. The van der Waals surface area contributed by atoms with E-state index in [4.69, 9.17) is 24.7 Å². The Bertz CT molecular complexity index is 694. The Morgan fingerprint density at radius 2 is 2.09 bits per heavy atom. The van der Waals surface area contributed by atoms with Gasteiger partial charge in [-0.15, -0.1) is 0 Å². The minimum Gasteiger partial charge on any atom is -0.394 e. The summed E-state index contributed by atoms with van der Waals surface area (Å²) < 4.78 is 23.8. The predicted molar refractivity (Wildman–Crippen MR) is 71.3 cm³/mol. The first-order valence-electron chi connectivity index (χ1n) is 6.76. The summed E-state index contributed by atoms with van der Waals surface area (Å²) in [5, 5.41) is 9.47. The van der Waals surface area contributed by atoms with Crippen molar-refractivity contribution in [3.8, 4) is 0 Å². The van der Waals surface area contributed by atoms with Gasteiger partial charge in [0.2, 0.25) is 0 Å². The monoisotopic (exact) mass is 309 g/mol. The standard InChI is InChI=1S/C12H15N5O5/c1-19-12-21-7-5(2-18)20-11(8(7)22-12)17-4-16-6-9(13)14-3-15-10(6)17/h3-5,7-8,11-12,18H,2H2,1H3,(H2,13,14,15)/t5-,7?,8+,11-,12?/m1/s1. The molecule has 0 amide bonds. The van der Waals surface area contributed by atoms with Crippen LogP contribution in [0, 0.1) is 0 Å². The molecule has 2 aliphatic rings.